The van der Waals surface area contributed by atoms with Crippen LogP contribution in [0.1, 0.15) is 72.9 Å². The zero-order valence-electron chi connectivity index (χ0n) is 34.0. The number of likely N-dealkylation sites (tertiary alicyclic amines) is 1. The van der Waals surface area contributed by atoms with E-state index in [2.05, 4.69) is 35.7 Å². The molecule has 1 aliphatic carbocycles. The number of carbonyl (C=O) groups excluding carboxylic acids is 4. The second-order valence-electron chi connectivity index (χ2n) is 17.6. The number of halogens is 2. The van der Waals surface area contributed by atoms with Crippen LogP contribution in [0, 0.1) is 24.1 Å². The molecule has 318 valence electrons. The minimum Gasteiger partial charge on any atom is -0.474 e. The normalized spacial score (nSPS) is 21.7. The fourth-order valence-electron chi connectivity index (χ4n) is 10.4. The van der Waals surface area contributed by atoms with E-state index in [0.717, 1.165) is 104 Å². The van der Waals surface area contributed by atoms with Crippen LogP contribution in [0.3, 0.4) is 0 Å². The highest BCUT2D eigenvalue weighted by molar-refractivity contribution is 6.38. The monoisotopic (exact) mass is 850 g/mol. The summed E-state index contributed by atoms with van der Waals surface area (Å²) in [5.74, 6) is -0.149. The van der Waals surface area contributed by atoms with Crippen LogP contribution in [-0.2, 0) is 20.9 Å². The number of fused-ring (bicyclic) bond motifs is 3. The molecular weight excluding hydrogens is 803 g/mol. The van der Waals surface area contributed by atoms with Crippen molar-refractivity contribution in [3.05, 3.63) is 70.3 Å². The van der Waals surface area contributed by atoms with Gasteiger partial charge in [0.05, 0.1) is 17.3 Å². The molecule has 0 radical (unpaired) electrons. The van der Waals surface area contributed by atoms with E-state index >= 15 is 4.39 Å². The third-order valence-corrected chi connectivity index (χ3v) is 14.3. The van der Waals surface area contributed by atoms with E-state index in [1.165, 1.54) is 4.90 Å². The summed E-state index contributed by atoms with van der Waals surface area (Å²) in [7, 11) is 0. The number of imide groups is 1. The van der Waals surface area contributed by atoms with Gasteiger partial charge in [0.2, 0.25) is 17.7 Å². The number of rotatable bonds is 7. The molecule has 4 amide bonds. The third-order valence-electron chi connectivity index (χ3n) is 13.9. The number of amides is 4. The highest BCUT2D eigenvalue weighted by Gasteiger charge is 2.48. The Kier molecular flexibility index (Phi) is 10.2. The predicted molar refractivity (Wildman–Crippen MR) is 227 cm³/mol. The van der Waals surface area contributed by atoms with Gasteiger partial charge >= 0.3 is 6.09 Å². The molecule has 0 bridgehead atoms. The number of ether oxygens (including phenoxy) is 2. The first-order valence-electron chi connectivity index (χ1n) is 21.4. The number of nitrogens with zero attached hydrogens (tertiary/aromatic N) is 5. The van der Waals surface area contributed by atoms with Crippen LogP contribution < -0.4 is 25.6 Å². The molecule has 61 heavy (non-hydrogen) atoms. The number of hydrogen-bond acceptors (Lipinski definition) is 11. The molecule has 1 saturated carbocycles. The second-order valence-corrected chi connectivity index (χ2v) is 18.0. The van der Waals surface area contributed by atoms with E-state index in [1.807, 2.05) is 19.1 Å². The molecule has 14 nitrogen and oxygen atoms in total. The van der Waals surface area contributed by atoms with Crippen LogP contribution in [0.25, 0.3) is 21.9 Å². The SMILES string of the molecule is Cc1c(-c2ccc3cnc(NC(=O)OC4CC5(CCN(CC6CCN(c7ccc8c(c7F)CN(C7CCC(=O)NC7=O)C8=O)CC6)CC5)C4)cc3c2Cl)cnc2c1NCCO2. The number of pyridine rings is 2. The Bertz CT molecular complexity index is 2460. The number of nitrogens with one attached hydrogen (secondary N) is 3. The fourth-order valence-corrected chi connectivity index (χ4v) is 10.7. The summed E-state index contributed by atoms with van der Waals surface area (Å²) in [6.45, 7) is 7.80. The third kappa shape index (κ3) is 7.38. The summed E-state index contributed by atoms with van der Waals surface area (Å²) in [5, 5.41) is 10.7. The maximum atomic E-state index is 16.0. The zero-order valence-corrected chi connectivity index (χ0v) is 34.8. The minimum atomic E-state index is -0.772. The van der Waals surface area contributed by atoms with E-state index < -0.39 is 23.9 Å². The summed E-state index contributed by atoms with van der Waals surface area (Å²) in [4.78, 5) is 65.2. The van der Waals surface area contributed by atoms with Crippen LogP contribution in [0.2, 0.25) is 5.02 Å². The van der Waals surface area contributed by atoms with Gasteiger partial charge < -0.3 is 29.5 Å². The van der Waals surface area contributed by atoms with Crippen LogP contribution in [0.15, 0.2) is 42.7 Å². The summed E-state index contributed by atoms with van der Waals surface area (Å²) in [5.41, 5.74) is 4.91. The number of hydrogen-bond donors (Lipinski definition) is 3. The lowest BCUT2D eigenvalue weighted by atomic mass is 9.61. The van der Waals surface area contributed by atoms with Crippen LogP contribution >= 0.6 is 11.6 Å². The lowest BCUT2D eigenvalue weighted by molar-refractivity contribution is -0.136. The fraction of sp³-hybridized carbons (Fsp3) is 0.467. The van der Waals surface area contributed by atoms with Gasteiger partial charge in [-0.3, -0.25) is 25.0 Å². The van der Waals surface area contributed by atoms with E-state index in [1.54, 1.807) is 30.6 Å². The molecule has 6 aliphatic rings. The molecule has 1 spiro atoms. The van der Waals surface area contributed by atoms with Gasteiger partial charge in [-0.2, -0.15) is 0 Å². The average Bonchev–Trinajstić information content (AvgIpc) is 3.58. The number of anilines is 3. The predicted octanol–water partition coefficient (Wildman–Crippen LogP) is 6.67. The number of piperidine rings is 3. The van der Waals surface area contributed by atoms with Crippen molar-refractivity contribution >= 4 is 63.4 Å². The quantitative estimate of drug-likeness (QED) is 0.171. The van der Waals surface area contributed by atoms with Gasteiger partial charge in [0.25, 0.3) is 5.91 Å². The molecule has 2 aromatic heterocycles. The lowest BCUT2D eigenvalue weighted by Crippen LogP contribution is -2.52. The lowest BCUT2D eigenvalue weighted by Gasteiger charge is -2.51. The van der Waals surface area contributed by atoms with E-state index in [4.69, 9.17) is 21.1 Å². The van der Waals surface area contributed by atoms with Crippen molar-refractivity contribution in [3.8, 4) is 17.0 Å². The van der Waals surface area contributed by atoms with Gasteiger partial charge in [-0.1, -0.05) is 23.7 Å². The van der Waals surface area contributed by atoms with Gasteiger partial charge in [0, 0.05) is 78.0 Å². The van der Waals surface area contributed by atoms with E-state index in [9.17, 15) is 19.2 Å². The summed E-state index contributed by atoms with van der Waals surface area (Å²) in [6.07, 6.45) is 8.95. The molecule has 7 heterocycles. The largest absolute Gasteiger partial charge is 0.474 e. The maximum Gasteiger partial charge on any atom is 0.413 e. The molecule has 2 aromatic carbocycles. The molecule has 1 unspecified atom stereocenters. The average molecular weight is 851 g/mol. The molecule has 4 fully saturated rings. The van der Waals surface area contributed by atoms with Gasteiger partial charge in [-0.25, -0.2) is 19.2 Å². The van der Waals surface area contributed by atoms with E-state index in [0.29, 0.717) is 52.6 Å². The Balaban J connectivity index is 0.681. The Labute approximate surface area is 357 Å². The van der Waals surface area contributed by atoms with Gasteiger partial charge in [0.15, 0.2) is 5.82 Å². The first-order valence-corrected chi connectivity index (χ1v) is 21.8. The Hall–Kier alpha value is -5.54. The van der Waals surface area contributed by atoms with Gasteiger partial charge in [0.1, 0.15) is 30.3 Å². The van der Waals surface area contributed by atoms with Crippen molar-refractivity contribution < 1.29 is 33.0 Å². The Morgan fingerprint density at radius 2 is 1.80 bits per heavy atom. The molecule has 3 saturated heterocycles. The highest BCUT2D eigenvalue weighted by Crippen LogP contribution is 2.51. The molecule has 3 N–H and O–H groups in total. The number of aromatic nitrogens is 2. The molecular formula is C45H48ClFN8O6. The smallest absolute Gasteiger partial charge is 0.413 e. The molecule has 10 rings (SSSR count). The molecule has 5 aliphatic heterocycles. The standard InChI is InChI=1S/C45H48ClFN8O6/c1-25-32(22-50-42-40(25)48-12-17-60-42)29-3-2-27-21-49-36(18-31(27)38(29)46)51-44(59)61-28-19-45(20-28)10-15-53(16-11-45)23-26-8-13-54(14-9-26)34-5-4-30-33(39(34)47)24-55(43(30)58)35-6-7-37(56)52-41(35)57/h2-5,18,21-22,26,28,35,48H,6-17,19-20,23-24H2,1H3,(H,49,51,59)(H,52,56,57). The topological polar surface area (TPSA) is 158 Å². The van der Waals surface area contributed by atoms with Gasteiger partial charge in [-0.05, 0) is 100 Å². The number of benzene rings is 2. The summed E-state index contributed by atoms with van der Waals surface area (Å²) >= 11 is 6.99. The van der Waals surface area contributed by atoms with Gasteiger partial charge in [-0.15, -0.1) is 0 Å². The number of carbonyl (C=O) groups is 4. The van der Waals surface area contributed by atoms with Crippen molar-refractivity contribution in [2.75, 3.05) is 61.4 Å². The Morgan fingerprint density at radius 1 is 1.02 bits per heavy atom. The van der Waals surface area contributed by atoms with Crippen LogP contribution in [0.5, 0.6) is 5.88 Å². The zero-order chi connectivity index (χ0) is 42.0. The first-order chi connectivity index (χ1) is 29.5. The van der Waals surface area contributed by atoms with Crippen molar-refractivity contribution in [1.82, 2.24) is 25.1 Å². The maximum absolute atomic E-state index is 16.0. The van der Waals surface area contributed by atoms with Crippen molar-refractivity contribution in [3.63, 3.8) is 0 Å². The Morgan fingerprint density at radius 3 is 2.59 bits per heavy atom. The molecule has 4 aromatic rings. The van der Waals surface area contributed by atoms with Crippen molar-refractivity contribution in [1.29, 1.82) is 0 Å². The van der Waals surface area contributed by atoms with E-state index in [-0.39, 0.29) is 42.7 Å². The van der Waals surface area contributed by atoms with Crippen LogP contribution in [0.4, 0.5) is 26.4 Å². The molecule has 16 heteroatoms. The minimum absolute atomic E-state index is 0.0253. The highest BCUT2D eigenvalue weighted by atomic mass is 35.5. The second kappa shape index (κ2) is 15.7. The van der Waals surface area contributed by atoms with Crippen LogP contribution in [-0.4, -0.2) is 102 Å². The van der Waals surface area contributed by atoms with Crippen molar-refractivity contribution in [2.45, 2.75) is 77.0 Å². The van der Waals surface area contributed by atoms with Crippen molar-refractivity contribution in [2.24, 2.45) is 11.3 Å². The molecule has 1 atom stereocenters. The first kappa shape index (κ1) is 39.6. The summed E-state index contributed by atoms with van der Waals surface area (Å²) in [6, 6.07) is 8.30. The summed E-state index contributed by atoms with van der Waals surface area (Å²) < 4.78 is 27.5.